The topological polar surface area (TPSA) is 84.9 Å². The second-order valence-corrected chi connectivity index (χ2v) is 9.04. The molecule has 0 aliphatic carbocycles. The largest absolute Gasteiger partial charge is 0.497 e. The van der Waals surface area contributed by atoms with E-state index in [1.54, 1.807) is 32.4 Å². The molecule has 1 fully saturated rings. The molecule has 1 aliphatic rings. The first-order chi connectivity index (χ1) is 13.8. The van der Waals surface area contributed by atoms with E-state index < -0.39 is 9.84 Å². The Kier molecular flexibility index (Phi) is 6.44. The van der Waals surface area contributed by atoms with Gasteiger partial charge < -0.3 is 14.8 Å². The standard InChI is InChI=1S/C21H26N2O5S/c1-27-15-10-11-16(19(13-15)28-2)18-8-6-12-23(18)14-21(24)22-17-7-4-5-9-20(17)29(3,25)26/h4-5,7,9-11,13,18H,6,8,12,14H2,1-3H3,(H,22,24)/t18-/m1/s1. The number of sulfone groups is 1. The quantitative estimate of drug-likeness (QED) is 0.744. The molecule has 1 N–H and O–H groups in total. The smallest absolute Gasteiger partial charge is 0.238 e. The number of nitrogens with one attached hydrogen (secondary N) is 1. The van der Waals surface area contributed by atoms with Crippen LogP contribution >= 0.6 is 0 Å². The molecule has 0 spiro atoms. The maximum atomic E-state index is 12.7. The molecule has 3 rings (SSSR count). The van der Waals surface area contributed by atoms with Crippen LogP contribution in [0.2, 0.25) is 0 Å². The molecule has 0 bridgehead atoms. The van der Waals surface area contributed by atoms with Gasteiger partial charge in [0.2, 0.25) is 5.91 Å². The maximum absolute atomic E-state index is 12.7. The van der Waals surface area contributed by atoms with Crippen molar-refractivity contribution < 1.29 is 22.7 Å². The minimum absolute atomic E-state index is 0.0479. The van der Waals surface area contributed by atoms with Gasteiger partial charge in [0.05, 0.1) is 31.3 Å². The van der Waals surface area contributed by atoms with Crippen molar-refractivity contribution >= 4 is 21.4 Å². The number of likely N-dealkylation sites (tertiary alicyclic amines) is 1. The number of benzene rings is 2. The van der Waals surface area contributed by atoms with Crippen molar-refractivity contribution in [3.63, 3.8) is 0 Å². The first-order valence-corrected chi connectivity index (χ1v) is 11.3. The zero-order valence-electron chi connectivity index (χ0n) is 16.8. The third-order valence-corrected chi connectivity index (χ3v) is 6.23. The summed E-state index contributed by atoms with van der Waals surface area (Å²) in [6.45, 7) is 0.943. The van der Waals surface area contributed by atoms with Crippen LogP contribution in [0.25, 0.3) is 0 Å². The number of nitrogens with zero attached hydrogens (tertiary/aromatic N) is 1. The molecule has 1 saturated heterocycles. The number of carbonyl (C=O) groups is 1. The number of carbonyl (C=O) groups excluding carboxylic acids is 1. The highest BCUT2D eigenvalue weighted by molar-refractivity contribution is 7.90. The fraction of sp³-hybridized carbons (Fsp3) is 0.381. The van der Waals surface area contributed by atoms with Gasteiger partial charge in [-0.2, -0.15) is 0 Å². The lowest BCUT2D eigenvalue weighted by atomic mass is 10.0. The van der Waals surface area contributed by atoms with E-state index in [1.807, 2.05) is 18.2 Å². The molecule has 0 radical (unpaired) electrons. The lowest BCUT2D eigenvalue weighted by molar-refractivity contribution is -0.117. The Morgan fingerprint density at radius 1 is 1.17 bits per heavy atom. The summed E-state index contributed by atoms with van der Waals surface area (Å²) in [6.07, 6.45) is 3.01. The SMILES string of the molecule is COc1ccc([C@H]2CCCN2CC(=O)Nc2ccccc2S(C)(=O)=O)c(OC)c1. The highest BCUT2D eigenvalue weighted by atomic mass is 32.2. The van der Waals surface area contributed by atoms with E-state index in [-0.39, 0.29) is 23.4 Å². The molecule has 8 heteroatoms. The molecule has 7 nitrogen and oxygen atoms in total. The first-order valence-electron chi connectivity index (χ1n) is 9.38. The maximum Gasteiger partial charge on any atom is 0.238 e. The van der Waals surface area contributed by atoms with Gasteiger partial charge in [0.15, 0.2) is 9.84 Å². The molecule has 2 aromatic carbocycles. The third-order valence-electron chi connectivity index (χ3n) is 5.07. The second kappa shape index (κ2) is 8.84. The Bertz CT molecular complexity index is 990. The van der Waals surface area contributed by atoms with Gasteiger partial charge in [0.25, 0.3) is 0 Å². The number of amides is 1. The van der Waals surface area contributed by atoms with E-state index in [1.165, 1.54) is 6.07 Å². The normalized spacial score (nSPS) is 17.1. The molecule has 1 heterocycles. The molecule has 0 aromatic heterocycles. The van der Waals surface area contributed by atoms with Crippen molar-refractivity contribution in [1.82, 2.24) is 4.90 Å². The summed E-state index contributed by atoms with van der Waals surface area (Å²) in [5.41, 5.74) is 1.31. The monoisotopic (exact) mass is 418 g/mol. The Balaban J connectivity index is 1.76. The van der Waals surface area contributed by atoms with Crippen LogP contribution in [-0.2, 0) is 14.6 Å². The summed E-state index contributed by atoms with van der Waals surface area (Å²) in [4.78, 5) is 14.9. The van der Waals surface area contributed by atoms with Crippen molar-refractivity contribution in [1.29, 1.82) is 0 Å². The summed E-state index contributed by atoms with van der Waals surface area (Å²) in [6, 6.07) is 12.2. The molecule has 2 aromatic rings. The van der Waals surface area contributed by atoms with E-state index in [2.05, 4.69) is 10.2 Å². The number of methoxy groups -OCH3 is 2. The van der Waals surface area contributed by atoms with Gasteiger partial charge in [-0.25, -0.2) is 8.42 Å². The van der Waals surface area contributed by atoms with Crippen LogP contribution in [0.1, 0.15) is 24.4 Å². The van der Waals surface area contributed by atoms with E-state index in [0.29, 0.717) is 11.4 Å². The Morgan fingerprint density at radius 3 is 2.62 bits per heavy atom. The van der Waals surface area contributed by atoms with E-state index in [9.17, 15) is 13.2 Å². The van der Waals surface area contributed by atoms with Crippen LogP contribution < -0.4 is 14.8 Å². The molecule has 29 heavy (non-hydrogen) atoms. The summed E-state index contributed by atoms with van der Waals surface area (Å²) in [7, 11) is -0.209. The molecule has 1 atom stereocenters. The number of anilines is 1. The van der Waals surface area contributed by atoms with Gasteiger partial charge in [0, 0.05) is 23.9 Å². The predicted octanol–water partition coefficient (Wildman–Crippen LogP) is 2.88. The third kappa shape index (κ3) is 4.89. The minimum Gasteiger partial charge on any atom is -0.497 e. The van der Waals surface area contributed by atoms with Gasteiger partial charge in [-0.05, 0) is 37.6 Å². The lowest BCUT2D eigenvalue weighted by Gasteiger charge is -2.26. The average molecular weight is 419 g/mol. The number of hydrogen-bond acceptors (Lipinski definition) is 6. The fourth-order valence-corrected chi connectivity index (χ4v) is 4.57. The summed E-state index contributed by atoms with van der Waals surface area (Å²) >= 11 is 0. The zero-order valence-corrected chi connectivity index (χ0v) is 17.7. The molecule has 156 valence electrons. The van der Waals surface area contributed by atoms with Gasteiger partial charge in [-0.15, -0.1) is 0 Å². The van der Waals surface area contributed by atoms with Crippen molar-refractivity contribution in [3.05, 3.63) is 48.0 Å². The summed E-state index contributed by atoms with van der Waals surface area (Å²) in [5, 5.41) is 2.75. The highest BCUT2D eigenvalue weighted by Crippen LogP contribution is 2.38. The van der Waals surface area contributed by atoms with Crippen molar-refractivity contribution in [2.24, 2.45) is 0 Å². The van der Waals surface area contributed by atoms with E-state index in [4.69, 9.17) is 9.47 Å². The minimum atomic E-state index is -3.43. The molecule has 1 aliphatic heterocycles. The van der Waals surface area contributed by atoms with E-state index >= 15 is 0 Å². The Labute approximate surface area is 171 Å². The first kappa shape index (κ1) is 21.1. The summed E-state index contributed by atoms with van der Waals surface area (Å²) in [5.74, 6) is 1.19. The number of para-hydroxylation sites is 1. The van der Waals surface area contributed by atoms with Crippen LogP contribution in [0.5, 0.6) is 11.5 Å². The van der Waals surface area contributed by atoms with Crippen LogP contribution in [0.4, 0.5) is 5.69 Å². The Hall–Kier alpha value is -2.58. The van der Waals surface area contributed by atoms with Crippen LogP contribution in [0, 0.1) is 0 Å². The van der Waals surface area contributed by atoms with Crippen LogP contribution in [0.15, 0.2) is 47.4 Å². The molecule has 1 amide bonds. The van der Waals surface area contributed by atoms with Gasteiger partial charge >= 0.3 is 0 Å². The van der Waals surface area contributed by atoms with Crippen LogP contribution in [-0.4, -0.2) is 52.8 Å². The van der Waals surface area contributed by atoms with Gasteiger partial charge in [-0.3, -0.25) is 9.69 Å². The molecule has 0 unspecified atom stereocenters. The van der Waals surface area contributed by atoms with Crippen molar-refractivity contribution in [3.8, 4) is 11.5 Å². The zero-order chi connectivity index (χ0) is 21.0. The van der Waals surface area contributed by atoms with Crippen molar-refractivity contribution in [2.75, 3.05) is 38.9 Å². The number of hydrogen-bond donors (Lipinski definition) is 1. The molecule has 0 saturated carbocycles. The number of ether oxygens (including phenoxy) is 2. The molecular weight excluding hydrogens is 392 g/mol. The van der Waals surface area contributed by atoms with E-state index in [0.717, 1.165) is 37.0 Å². The van der Waals surface area contributed by atoms with Crippen molar-refractivity contribution in [2.45, 2.75) is 23.8 Å². The lowest BCUT2D eigenvalue weighted by Crippen LogP contribution is -2.33. The Morgan fingerprint density at radius 2 is 1.93 bits per heavy atom. The summed E-state index contributed by atoms with van der Waals surface area (Å²) < 4.78 is 34.7. The molecular formula is C21H26N2O5S. The van der Waals surface area contributed by atoms with Gasteiger partial charge in [-0.1, -0.05) is 18.2 Å². The predicted molar refractivity (Wildman–Crippen MR) is 111 cm³/mol. The highest BCUT2D eigenvalue weighted by Gasteiger charge is 2.30. The van der Waals surface area contributed by atoms with Gasteiger partial charge in [0.1, 0.15) is 11.5 Å². The van der Waals surface area contributed by atoms with Crippen LogP contribution in [0.3, 0.4) is 0 Å². The second-order valence-electron chi connectivity index (χ2n) is 7.05. The average Bonchev–Trinajstić information content (AvgIpc) is 3.14. The number of rotatable bonds is 7. The fourth-order valence-electron chi connectivity index (χ4n) is 3.73.